The summed E-state index contributed by atoms with van der Waals surface area (Å²) in [6, 6.07) is 24.6. The number of imide groups is 1. The van der Waals surface area contributed by atoms with Crippen LogP contribution in [0, 0.1) is 0 Å². The van der Waals surface area contributed by atoms with Gasteiger partial charge in [0.05, 0.1) is 6.54 Å². The van der Waals surface area contributed by atoms with Crippen molar-refractivity contribution in [1.82, 2.24) is 10.2 Å². The molecule has 1 atom stereocenters. The lowest BCUT2D eigenvalue weighted by Gasteiger charge is -2.23. The summed E-state index contributed by atoms with van der Waals surface area (Å²) in [6.45, 7) is 1.90. The molecular formula is C23H19ClN2O2. The molecule has 28 heavy (non-hydrogen) atoms. The molecule has 140 valence electrons. The molecule has 0 radical (unpaired) electrons. The van der Waals surface area contributed by atoms with Crippen molar-refractivity contribution in [3.63, 3.8) is 0 Å². The zero-order chi connectivity index (χ0) is 19.7. The smallest absolute Gasteiger partial charge is 0.319 e. The molecule has 1 N–H and O–H groups in total. The van der Waals surface area contributed by atoms with Gasteiger partial charge in [0.2, 0.25) is 0 Å². The predicted octanol–water partition coefficient (Wildman–Crippen LogP) is 4.97. The summed E-state index contributed by atoms with van der Waals surface area (Å²) in [5, 5.41) is 3.25. The molecule has 4 rings (SSSR count). The van der Waals surface area contributed by atoms with E-state index in [1.165, 1.54) is 4.90 Å². The van der Waals surface area contributed by atoms with E-state index >= 15 is 0 Å². The molecule has 0 aliphatic carbocycles. The van der Waals surface area contributed by atoms with Crippen LogP contribution in [-0.4, -0.2) is 16.8 Å². The maximum atomic E-state index is 13.1. The van der Waals surface area contributed by atoms with E-state index in [-0.39, 0.29) is 12.5 Å². The minimum absolute atomic E-state index is 0.208. The van der Waals surface area contributed by atoms with E-state index in [9.17, 15) is 9.59 Å². The Morgan fingerprint density at radius 3 is 2.14 bits per heavy atom. The van der Waals surface area contributed by atoms with Gasteiger partial charge in [-0.3, -0.25) is 9.69 Å². The second-order valence-corrected chi connectivity index (χ2v) is 7.40. The standard InChI is InChI=1S/C23H19ClN2O2/c1-23(19-9-5-6-10-20(19)24)21(27)26(22(28)25-23)15-16-11-13-18(14-12-16)17-7-3-2-4-8-17/h2-14H,15H2,1H3,(H,25,28)/t23-/m0/s1. The highest BCUT2D eigenvalue weighted by Gasteiger charge is 2.49. The van der Waals surface area contributed by atoms with Crippen LogP contribution in [0.1, 0.15) is 18.1 Å². The van der Waals surface area contributed by atoms with Crippen molar-refractivity contribution < 1.29 is 9.59 Å². The van der Waals surface area contributed by atoms with Crippen molar-refractivity contribution >= 4 is 23.5 Å². The summed E-state index contributed by atoms with van der Waals surface area (Å²) in [5.74, 6) is -0.308. The molecule has 1 heterocycles. The number of halogens is 1. The van der Waals surface area contributed by atoms with Crippen LogP contribution in [0.3, 0.4) is 0 Å². The average molecular weight is 391 g/mol. The Balaban J connectivity index is 1.56. The molecule has 0 bridgehead atoms. The van der Waals surface area contributed by atoms with Crippen LogP contribution in [0.25, 0.3) is 11.1 Å². The topological polar surface area (TPSA) is 49.4 Å². The lowest BCUT2D eigenvalue weighted by molar-refractivity contribution is -0.131. The molecule has 1 saturated heterocycles. The summed E-state index contributed by atoms with van der Waals surface area (Å²) in [5.41, 5.74) is 2.51. The SMILES string of the molecule is C[C@@]1(c2ccccc2Cl)NC(=O)N(Cc2ccc(-c3ccccc3)cc2)C1=O. The Morgan fingerprint density at radius 2 is 1.46 bits per heavy atom. The number of benzene rings is 3. The quantitative estimate of drug-likeness (QED) is 0.639. The van der Waals surface area contributed by atoms with E-state index in [0.29, 0.717) is 10.6 Å². The molecule has 1 aliphatic heterocycles. The molecule has 4 nitrogen and oxygen atoms in total. The van der Waals surface area contributed by atoms with Crippen LogP contribution >= 0.6 is 11.6 Å². The third-order valence-electron chi connectivity index (χ3n) is 5.09. The van der Waals surface area contributed by atoms with Crippen molar-refractivity contribution in [3.05, 3.63) is 95.0 Å². The van der Waals surface area contributed by atoms with Gasteiger partial charge in [-0.05, 0) is 29.7 Å². The number of hydrogen-bond donors (Lipinski definition) is 1. The van der Waals surface area contributed by atoms with Gasteiger partial charge < -0.3 is 5.32 Å². The Bertz CT molecular complexity index is 1030. The van der Waals surface area contributed by atoms with Gasteiger partial charge in [-0.2, -0.15) is 0 Å². The molecular weight excluding hydrogens is 372 g/mol. The summed E-state index contributed by atoms with van der Waals surface area (Å²) >= 11 is 6.27. The largest absolute Gasteiger partial charge is 0.325 e. The molecule has 3 amide bonds. The van der Waals surface area contributed by atoms with E-state index in [2.05, 4.69) is 5.32 Å². The van der Waals surface area contributed by atoms with Crippen LogP contribution in [0.4, 0.5) is 4.79 Å². The number of nitrogens with zero attached hydrogens (tertiary/aromatic N) is 1. The van der Waals surface area contributed by atoms with Gasteiger partial charge in [0.25, 0.3) is 5.91 Å². The fraction of sp³-hybridized carbons (Fsp3) is 0.130. The average Bonchev–Trinajstić information content (AvgIpc) is 2.93. The number of carbonyl (C=O) groups is 2. The van der Waals surface area contributed by atoms with Crippen LogP contribution in [0.2, 0.25) is 5.02 Å². The molecule has 0 unspecified atom stereocenters. The van der Waals surface area contributed by atoms with E-state index < -0.39 is 11.6 Å². The highest BCUT2D eigenvalue weighted by Crippen LogP contribution is 2.34. The number of urea groups is 1. The zero-order valence-corrected chi connectivity index (χ0v) is 16.1. The molecule has 3 aromatic rings. The number of amides is 3. The first-order chi connectivity index (χ1) is 13.5. The predicted molar refractivity (Wildman–Crippen MR) is 110 cm³/mol. The highest BCUT2D eigenvalue weighted by atomic mass is 35.5. The first-order valence-corrected chi connectivity index (χ1v) is 9.40. The molecule has 1 aliphatic rings. The van der Waals surface area contributed by atoms with Crippen LogP contribution in [0.15, 0.2) is 78.9 Å². The van der Waals surface area contributed by atoms with Crippen LogP contribution in [0.5, 0.6) is 0 Å². The van der Waals surface area contributed by atoms with Gasteiger partial charge in [0, 0.05) is 10.6 Å². The van der Waals surface area contributed by atoms with Gasteiger partial charge in [0.1, 0.15) is 5.54 Å². The summed E-state index contributed by atoms with van der Waals surface area (Å²) in [6.07, 6.45) is 0. The monoisotopic (exact) mass is 390 g/mol. The Morgan fingerprint density at radius 1 is 0.857 bits per heavy atom. The summed E-state index contributed by atoms with van der Waals surface area (Å²) in [7, 11) is 0. The molecule has 0 saturated carbocycles. The van der Waals surface area contributed by atoms with Crippen LogP contribution in [-0.2, 0) is 16.9 Å². The third-order valence-corrected chi connectivity index (χ3v) is 5.42. The lowest BCUT2D eigenvalue weighted by atomic mass is 9.92. The number of hydrogen-bond acceptors (Lipinski definition) is 2. The first-order valence-electron chi connectivity index (χ1n) is 9.02. The second-order valence-electron chi connectivity index (χ2n) is 6.99. The van der Waals surface area contributed by atoms with Gasteiger partial charge in [0.15, 0.2) is 0 Å². The third kappa shape index (κ3) is 3.16. The van der Waals surface area contributed by atoms with Crippen molar-refractivity contribution in [3.8, 4) is 11.1 Å². The van der Waals surface area contributed by atoms with E-state index in [0.717, 1.165) is 16.7 Å². The zero-order valence-electron chi connectivity index (χ0n) is 15.4. The van der Waals surface area contributed by atoms with Gasteiger partial charge in [-0.1, -0.05) is 84.4 Å². The van der Waals surface area contributed by atoms with Gasteiger partial charge in [-0.25, -0.2) is 4.79 Å². The molecule has 0 spiro atoms. The molecule has 0 aromatic heterocycles. The molecule has 1 fully saturated rings. The van der Waals surface area contributed by atoms with E-state index in [4.69, 9.17) is 11.6 Å². The van der Waals surface area contributed by atoms with Gasteiger partial charge >= 0.3 is 6.03 Å². The van der Waals surface area contributed by atoms with Gasteiger partial charge in [-0.15, -0.1) is 0 Å². The van der Waals surface area contributed by atoms with Crippen LogP contribution < -0.4 is 5.32 Å². The normalized spacial score (nSPS) is 19.0. The fourth-order valence-corrected chi connectivity index (χ4v) is 3.83. The maximum Gasteiger partial charge on any atom is 0.325 e. The summed E-state index contributed by atoms with van der Waals surface area (Å²) < 4.78 is 0. The minimum Gasteiger partial charge on any atom is -0.319 e. The maximum absolute atomic E-state index is 13.1. The minimum atomic E-state index is -1.17. The van der Waals surface area contributed by atoms with Crippen molar-refractivity contribution in [2.24, 2.45) is 0 Å². The Hall–Kier alpha value is -3.11. The number of nitrogens with one attached hydrogen (secondary N) is 1. The Labute approximate surface area is 168 Å². The molecule has 5 heteroatoms. The highest BCUT2D eigenvalue weighted by molar-refractivity contribution is 6.32. The van der Waals surface area contributed by atoms with E-state index in [1.807, 2.05) is 54.6 Å². The summed E-state index contributed by atoms with van der Waals surface area (Å²) in [4.78, 5) is 26.8. The Kier molecular flexibility index (Phi) is 4.65. The van der Waals surface area contributed by atoms with Crippen molar-refractivity contribution in [1.29, 1.82) is 0 Å². The van der Waals surface area contributed by atoms with E-state index in [1.54, 1.807) is 31.2 Å². The lowest BCUT2D eigenvalue weighted by Crippen LogP contribution is -2.41. The molecule has 3 aromatic carbocycles. The fourth-order valence-electron chi connectivity index (χ4n) is 3.51. The number of rotatable bonds is 4. The first kappa shape index (κ1) is 18.3. The number of carbonyl (C=O) groups excluding carboxylic acids is 2. The van der Waals surface area contributed by atoms with Crippen molar-refractivity contribution in [2.45, 2.75) is 19.0 Å². The van der Waals surface area contributed by atoms with Crippen molar-refractivity contribution in [2.75, 3.05) is 0 Å². The second kappa shape index (κ2) is 7.13.